The molecule has 7 heteroatoms. The van der Waals surface area contributed by atoms with Crippen molar-refractivity contribution in [3.8, 4) is 17.6 Å². The van der Waals surface area contributed by atoms with E-state index >= 15 is 0 Å². The van der Waals surface area contributed by atoms with Gasteiger partial charge in [-0.25, -0.2) is 4.79 Å². The summed E-state index contributed by atoms with van der Waals surface area (Å²) in [5.74, 6) is -0.468. The van der Waals surface area contributed by atoms with Gasteiger partial charge in [-0.1, -0.05) is 12.1 Å². The fourth-order valence-corrected chi connectivity index (χ4v) is 2.94. The molecule has 0 aliphatic rings. The quantitative estimate of drug-likeness (QED) is 0.208. The van der Waals surface area contributed by atoms with E-state index in [0.717, 1.165) is 0 Å². The monoisotopic (exact) mass is 379 g/mol. The second-order valence-electron chi connectivity index (χ2n) is 5.25. The summed E-state index contributed by atoms with van der Waals surface area (Å²) < 4.78 is 15.5. The van der Waals surface area contributed by atoms with Crippen LogP contribution in [-0.2, 0) is 0 Å². The molecule has 0 bridgehead atoms. The molecule has 1 aromatic carbocycles. The molecule has 0 radical (unpaired) electrons. The smallest absolute Gasteiger partial charge is 0.379 e. The molecule has 3 rings (SSSR count). The van der Waals surface area contributed by atoms with Gasteiger partial charge in [-0.3, -0.25) is 4.79 Å². The molecule has 0 unspecified atom stereocenters. The third kappa shape index (κ3) is 4.14. The number of esters is 1. The first-order valence-corrected chi connectivity index (χ1v) is 8.64. The summed E-state index contributed by atoms with van der Waals surface area (Å²) in [6.07, 6.45) is 2.83. The molecule has 0 N–H and O–H groups in total. The highest BCUT2D eigenvalue weighted by molar-refractivity contribution is 7.12. The lowest BCUT2D eigenvalue weighted by molar-refractivity contribution is 0.0696. The van der Waals surface area contributed by atoms with Crippen molar-refractivity contribution in [3.63, 3.8) is 0 Å². The van der Waals surface area contributed by atoms with Crippen molar-refractivity contribution in [3.05, 3.63) is 75.9 Å². The normalized spacial score (nSPS) is 10.9. The summed E-state index contributed by atoms with van der Waals surface area (Å²) >= 11 is 1.27. The Labute approximate surface area is 158 Å². The molecule has 0 fully saturated rings. The number of nitrogens with zero attached hydrogens (tertiary/aromatic N) is 1. The third-order valence-electron chi connectivity index (χ3n) is 3.53. The standard InChI is InChI=1S/C20H13NO5S/c1-24-17-11-13(10-14(12-21)19(22)18-5-3-9-27-18)6-7-15(17)26-20(23)16-4-2-8-25-16/h2-11H,1H3/b14-10+. The van der Waals surface area contributed by atoms with Crippen LogP contribution in [0.2, 0.25) is 0 Å². The van der Waals surface area contributed by atoms with E-state index in [1.165, 1.54) is 42.9 Å². The first-order chi connectivity index (χ1) is 13.1. The van der Waals surface area contributed by atoms with Gasteiger partial charge in [0.25, 0.3) is 0 Å². The minimum Gasteiger partial charge on any atom is -0.493 e. The third-order valence-corrected chi connectivity index (χ3v) is 4.40. The number of allylic oxidation sites excluding steroid dienone is 1. The summed E-state index contributed by atoms with van der Waals surface area (Å²) in [4.78, 5) is 24.8. The summed E-state index contributed by atoms with van der Waals surface area (Å²) in [6, 6.07) is 13.1. The summed E-state index contributed by atoms with van der Waals surface area (Å²) in [7, 11) is 1.43. The number of furan rings is 1. The first-order valence-electron chi connectivity index (χ1n) is 7.76. The van der Waals surface area contributed by atoms with Crippen LogP contribution in [0.15, 0.2) is 64.1 Å². The van der Waals surface area contributed by atoms with Gasteiger partial charge in [-0.2, -0.15) is 5.26 Å². The lowest BCUT2D eigenvalue weighted by Crippen LogP contribution is -2.08. The maximum Gasteiger partial charge on any atom is 0.379 e. The predicted molar refractivity (Wildman–Crippen MR) is 98.9 cm³/mol. The van der Waals surface area contributed by atoms with E-state index in [2.05, 4.69) is 0 Å². The zero-order valence-electron chi connectivity index (χ0n) is 14.2. The highest BCUT2D eigenvalue weighted by atomic mass is 32.1. The number of carbonyl (C=O) groups is 2. The van der Waals surface area contributed by atoms with E-state index < -0.39 is 5.97 Å². The average Bonchev–Trinajstić information content (AvgIpc) is 3.40. The van der Waals surface area contributed by atoms with Crippen molar-refractivity contribution in [2.75, 3.05) is 7.11 Å². The molecule has 0 saturated carbocycles. The number of methoxy groups -OCH3 is 1. The van der Waals surface area contributed by atoms with Crippen LogP contribution < -0.4 is 9.47 Å². The number of nitriles is 1. The number of ether oxygens (including phenoxy) is 2. The zero-order chi connectivity index (χ0) is 19.2. The van der Waals surface area contributed by atoms with Gasteiger partial charge in [0, 0.05) is 0 Å². The van der Waals surface area contributed by atoms with Crippen molar-refractivity contribution in [2.45, 2.75) is 0 Å². The Balaban J connectivity index is 1.86. The van der Waals surface area contributed by atoms with Crippen molar-refractivity contribution in [1.82, 2.24) is 0 Å². The van der Waals surface area contributed by atoms with Crippen LogP contribution in [-0.4, -0.2) is 18.9 Å². The van der Waals surface area contributed by atoms with Crippen LogP contribution in [0.3, 0.4) is 0 Å². The molecule has 0 saturated heterocycles. The Morgan fingerprint density at radius 3 is 2.67 bits per heavy atom. The van der Waals surface area contributed by atoms with E-state index in [0.29, 0.717) is 10.4 Å². The van der Waals surface area contributed by atoms with E-state index in [9.17, 15) is 14.9 Å². The van der Waals surface area contributed by atoms with Crippen molar-refractivity contribution < 1.29 is 23.5 Å². The minimum atomic E-state index is -0.660. The van der Waals surface area contributed by atoms with Crippen LogP contribution >= 0.6 is 11.3 Å². The SMILES string of the molecule is COc1cc(/C=C(\C#N)C(=O)c2cccs2)ccc1OC(=O)c1ccco1. The molecule has 0 spiro atoms. The van der Waals surface area contributed by atoms with Gasteiger partial charge in [-0.05, 0) is 47.4 Å². The van der Waals surface area contributed by atoms with E-state index in [1.807, 2.05) is 6.07 Å². The molecule has 3 aromatic rings. The molecule has 134 valence electrons. The molecule has 2 aromatic heterocycles. The Hall–Kier alpha value is -3.63. The number of Topliss-reactive ketones (excluding diaryl/α,β-unsaturated/α-hetero) is 1. The van der Waals surface area contributed by atoms with Crippen molar-refractivity contribution in [2.24, 2.45) is 0 Å². The summed E-state index contributed by atoms with van der Waals surface area (Å²) in [5.41, 5.74) is 0.561. The topological polar surface area (TPSA) is 89.5 Å². The second-order valence-corrected chi connectivity index (χ2v) is 6.20. The lowest BCUT2D eigenvalue weighted by atomic mass is 10.1. The van der Waals surface area contributed by atoms with Gasteiger partial charge in [0.05, 0.1) is 18.3 Å². The minimum absolute atomic E-state index is 0.000154. The van der Waals surface area contributed by atoms with E-state index in [-0.39, 0.29) is 28.6 Å². The Morgan fingerprint density at radius 1 is 1.19 bits per heavy atom. The van der Waals surface area contributed by atoms with E-state index in [4.69, 9.17) is 13.9 Å². The van der Waals surface area contributed by atoms with Gasteiger partial charge < -0.3 is 13.9 Å². The molecular formula is C20H13NO5S. The van der Waals surface area contributed by atoms with Crippen LogP contribution in [0.1, 0.15) is 25.8 Å². The number of carbonyl (C=O) groups excluding carboxylic acids is 2. The number of rotatable bonds is 6. The van der Waals surface area contributed by atoms with Gasteiger partial charge in [0.1, 0.15) is 11.6 Å². The number of hydrogen-bond acceptors (Lipinski definition) is 7. The molecule has 0 atom stereocenters. The van der Waals surface area contributed by atoms with Crippen LogP contribution in [0.5, 0.6) is 11.5 Å². The Bertz CT molecular complexity index is 1030. The van der Waals surface area contributed by atoms with Gasteiger partial charge in [-0.15, -0.1) is 11.3 Å². The zero-order valence-corrected chi connectivity index (χ0v) is 15.0. The second kappa shape index (κ2) is 8.17. The summed E-state index contributed by atoms with van der Waals surface area (Å²) in [6.45, 7) is 0. The van der Waals surface area contributed by atoms with E-state index in [1.54, 1.807) is 35.7 Å². The molecule has 0 amide bonds. The van der Waals surface area contributed by atoms with Gasteiger partial charge in [0.15, 0.2) is 11.5 Å². The highest BCUT2D eigenvalue weighted by Gasteiger charge is 2.16. The molecule has 2 heterocycles. The summed E-state index contributed by atoms with van der Waals surface area (Å²) in [5, 5.41) is 11.1. The number of ketones is 1. The van der Waals surface area contributed by atoms with Crippen molar-refractivity contribution >= 4 is 29.2 Å². The first kappa shape index (κ1) is 18.2. The molecule has 27 heavy (non-hydrogen) atoms. The molecule has 0 aliphatic heterocycles. The average molecular weight is 379 g/mol. The Kier molecular flexibility index (Phi) is 5.50. The maximum atomic E-state index is 12.3. The van der Waals surface area contributed by atoms with Gasteiger partial charge >= 0.3 is 5.97 Å². The van der Waals surface area contributed by atoms with Crippen LogP contribution in [0, 0.1) is 11.3 Å². The molecule has 6 nitrogen and oxygen atoms in total. The lowest BCUT2D eigenvalue weighted by Gasteiger charge is -2.09. The fraction of sp³-hybridized carbons (Fsp3) is 0.0500. The number of thiophene rings is 1. The van der Waals surface area contributed by atoms with Gasteiger partial charge in [0.2, 0.25) is 11.5 Å². The van der Waals surface area contributed by atoms with Crippen LogP contribution in [0.25, 0.3) is 6.08 Å². The maximum absolute atomic E-state index is 12.3. The molecular weight excluding hydrogens is 366 g/mol. The number of benzene rings is 1. The number of hydrogen-bond donors (Lipinski definition) is 0. The fourth-order valence-electron chi connectivity index (χ4n) is 2.26. The highest BCUT2D eigenvalue weighted by Crippen LogP contribution is 2.30. The largest absolute Gasteiger partial charge is 0.493 e. The van der Waals surface area contributed by atoms with Crippen LogP contribution in [0.4, 0.5) is 0 Å². The predicted octanol–water partition coefficient (Wildman–Crippen LogP) is 4.36. The van der Waals surface area contributed by atoms with Crippen molar-refractivity contribution in [1.29, 1.82) is 5.26 Å². The molecule has 0 aliphatic carbocycles. The Morgan fingerprint density at radius 2 is 2.04 bits per heavy atom.